The molecule has 0 amide bonds. The highest BCUT2D eigenvalue weighted by atomic mass is 35.5. The zero-order valence-corrected chi connectivity index (χ0v) is 19.0. The summed E-state index contributed by atoms with van der Waals surface area (Å²) in [4.78, 5) is 0. The zero-order valence-electron chi connectivity index (χ0n) is 16.6. The van der Waals surface area contributed by atoms with Crippen molar-refractivity contribution >= 4 is 47.0 Å². The molecule has 4 aromatic rings. The van der Waals surface area contributed by atoms with Gasteiger partial charge in [-0.1, -0.05) is 120 Å². The molecule has 1 aliphatic rings. The highest BCUT2D eigenvalue weighted by Gasteiger charge is 2.40. The average molecular weight is 461 g/mol. The van der Waals surface area contributed by atoms with E-state index < -0.39 is 7.14 Å². The van der Waals surface area contributed by atoms with E-state index in [1.807, 2.05) is 84.9 Å². The molecule has 31 heavy (non-hydrogen) atoms. The Bertz CT molecular complexity index is 1320. The predicted octanol–water partition coefficient (Wildman–Crippen LogP) is 7.74. The molecule has 152 valence electrons. The summed E-state index contributed by atoms with van der Waals surface area (Å²) in [6.45, 7) is 0. The Hall–Kier alpha value is -2.57. The molecule has 1 nitrogen and oxygen atoms in total. The molecule has 0 aliphatic heterocycles. The first kappa shape index (κ1) is 20.3. The highest BCUT2D eigenvalue weighted by molar-refractivity contribution is 7.79. The minimum Gasteiger partial charge on any atom is -0.313 e. The van der Waals surface area contributed by atoms with Crippen molar-refractivity contribution < 1.29 is 4.57 Å². The van der Waals surface area contributed by atoms with E-state index in [-0.39, 0.29) is 5.66 Å². The van der Waals surface area contributed by atoms with Gasteiger partial charge in [-0.25, -0.2) is 0 Å². The Morgan fingerprint density at radius 1 is 0.677 bits per heavy atom. The van der Waals surface area contributed by atoms with Gasteiger partial charge in [0.25, 0.3) is 0 Å². The standard InChI is InChI=1S/C27H19Cl2OP/c28-23-14-8-15-24(29)27(23)22-13-6-7-16-25(22)31(30,20-10-2-1-3-11-20)26-18-17-19-9-4-5-12-21(19)26/h1-18,26H. The number of halogens is 2. The van der Waals surface area contributed by atoms with Gasteiger partial charge >= 0.3 is 0 Å². The van der Waals surface area contributed by atoms with Crippen molar-refractivity contribution in [1.82, 2.24) is 0 Å². The summed E-state index contributed by atoms with van der Waals surface area (Å²) in [6.07, 6.45) is 4.14. The second kappa shape index (κ2) is 8.17. The average Bonchev–Trinajstić information content (AvgIpc) is 3.24. The van der Waals surface area contributed by atoms with Crippen molar-refractivity contribution in [2.75, 3.05) is 0 Å². The Morgan fingerprint density at radius 3 is 2.10 bits per heavy atom. The summed E-state index contributed by atoms with van der Waals surface area (Å²) in [5, 5.41) is 2.67. The van der Waals surface area contributed by atoms with Crippen LogP contribution in [0.15, 0.2) is 103 Å². The van der Waals surface area contributed by atoms with Gasteiger partial charge in [0, 0.05) is 26.2 Å². The molecule has 4 aromatic carbocycles. The number of rotatable bonds is 4. The summed E-state index contributed by atoms with van der Waals surface area (Å²) in [7, 11) is -3.15. The SMILES string of the molecule is O=P(c1ccccc1)(c1ccccc1-c1c(Cl)cccc1Cl)C1C=Cc2ccccc21. The summed E-state index contributed by atoms with van der Waals surface area (Å²) in [5.41, 5.74) is 3.45. The van der Waals surface area contributed by atoms with Crippen LogP contribution in [0.2, 0.25) is 10.0 Å². The van der Waals surface area contributed by atoms with Crippen molar-refractivity contribution in [2.24, 2.45) is 0 Å². The Labute approximate surface area is 192 Å². The van der Waals surface area contributed by atoms with Gasteiger partial charge in [-0.2, -0.15) is 0 Å². The zero-order chi connectivity index (χ0) is 21.4. The van der Waals surface area contributed by atoms with Gasteiger partial charge in [-0.05, 0) is 28.8 Å². The second-order valence-electron chi connectivity index (χ2n) is 7.54. The Morgan fingerprint density at radius 2 is 1.32 bits per heavy atom. The highest BCUT2D eigenvalue weighted by Crippen LogP contribution is 2.62. The maximum Gasteiger partial charge on any atom is 0.154 e. The van der Waals surface area contributed by atoms with Crippen LogP contribution < -0.4 is 10.6 Å². The van der Waals surface area contributed by atoms with Gasteiger partial charge in [-0.15, -0.1) is 0 Å². The molecule has 0 spiro atoms. The number of benzene rings is 4. The van der Waals surface area contributed by atoms with Crippen LogP contribution in [-0.4, -0.2) is 0 Å². The van der Waals surface area contributed by atoms with Crippen LogP contribution in [0.25, 0.3) is 17.2 Å². The van der Waals surface area contributed by atoms with Crippen LogP contribution in [0.5, 0.6) is 0 Å². The molecular weight excluding hydrogens is 442 g/mol. The van der Waals surface area contributed by atoms with E-state index in [1.165, 1.54) is 0 Å². The summed E-state index contributed by atoms with van der Waals surface area (Å²) >= 11 is 13.2. The third kappa shape index (κ3) is 3.38. The van der Waals surface area contributed by atoms with E-state index >= 15 is 4.57 Å². The van der Waals surface area contributed by atoms with Crippen LogP contribution >= 0.6 is 30.3 Å². The van der Waals surface area contributed by atoms with E-state index in [1.54, 1.807) is 0 Å². The van der Waals surface area contributed by atoms with E-state index in [0.29, 0.717) is 15.6 Å². The van der Waals surface area contributed by atoms with E-state index in [9.17, 15) is 0 Å². The van der Waals surface area contributed by atoms with Crippen LogP contribution in [0.3, 0.4) is 0 Å². The first-order chi connectivity index (χ1) is 15.1. The van der Waals surface area contributed by atoms with E-state index in [0.717, 1.165) is 27.3 Å². The van der Waals surface area contributed by atoms with Crippen molar-refractivity contribution in [2.45, 2.75) is 5.66 Å². The third-order valence-electron chi connectivity index (χ3n) is 5.80. The molecule has 0 aromatic heterocycles. The fraction of sp³-hybridized carbons (Fsp3) is 0.0370. The first-order valence-electron chi connectivity index (χ1n) is 10.1. The minimum atomic E-state index is -3.15. The second-order valence-corrected chi connectivity index (χ2v) is 11.2. The largest absolute Gasteiger partial charge is 0.313 e. The van der Waals surface area contributed by atoms with Crippen molar-refractivity contribution in [3.8, 4) is 11.1 Å². The number of fused-ring (bicyclic) bond motifs is 1. The van der Waals surface area contributed by atoms with Crippen molar-refractivity contribution in [3.05, 3.63) is 124 Å². The molecule has 0 heterocycles. The Kier molecular flexibility index (Phi) is 5.36. The lowest BCUT2D eigenvalue weighted by Crippen LogP contribution is -2.22. The van der Waals surface area contributed by atoms with Gasteiger partial charge in [0.2, 0.25) is 0 Å². The Balaban J connectivity index is 1.82. The molecule has 0 fully saturated rings. The topological polar surface area (TPSA) is 17.1 Å². The minimum absolute atomic E-state index is 0.256. The summed E-state index contributed by atoms with van der Waals surface area (Å²) in [6, 6.07) is 31.1. The summed E-state index contributed by atoms with van der Waals surface area (Å²) in [5.74, 6) is 0. The number of hydrogen-bond acceptors (Lipinski definition) is 1. The van der Waals surface area contributed by atoms with E-state index in [4.69, 9.17) is 23.2 Å². The predicted molar refractivity (Wildman–Crippen MR) is 133 cm³/mol. The van der Waals surface area contributed by atoms with Gasteiger partial charge in [0.1, 0.15) is 0 Å². The molecule has 0 radical (unpaired) electrons. The molecular formula is C27H19Cl2OP. The molecule has 0 N–H and O–H groups in total. The fourth-order valence-electron chi connectivity index (χ4n) is 4.38. The van der Waals surface area contributed by atoms with Crippen LogP contribution in [0.4, 0.5) is 0 Å². The van der Waals surface area contributed by atoms with Crippen LogP contribution in [0.1, 0.15) is 16.8 Å². The molecule has 5 rings (SSSR count). The molecule has 2 atom stereocenters. The van der Waals surface area contributed by atoms with Crippen molar-refractivity contribution in [1.29, 1.82) is 0 Å². The molecule has 0 saturated carbocycles. The van der Waals surface area contributed by atoms with E-state index in [2.05, 4.69) is 24.3 Å². The summed E-state index contributed by atoms with van der Waals surface area (Å²) < 4.78 is 15.3. The van der Waals surface area contributed by atoms with Gasteiger partial charge in [0.05, 0.1) is 5.66 Å². The lowest BCUT2D eigenvalue weighted by atomic mass is 10.1. The molecule has 0 bridgehead atoms. The van der Waals surface area contributed by atoms with Gasteiger partial charge in [0.15, 0.2) is 7.14 Å². The third-order valence-corrected chi connectivity index (χ3v) is 9.83. The van der Waals surface area contributed by atoms with Crippen LogP contribution in [0, 0.1) is 0 Å². The molecule has 0 saturated heterocycles. The molecule has 1 aliphatic carbocycles. The monoisotopic (exact) mass is 460 g/mol. The maximum absolute atomic E-state index is 15.3. The van der Waals surface area contributed by atoms with Crippen LogP contribution in [-0.2, 0) is 4.57 Å². The smallest absolute Gasteiger partial charge is 0.154 e. The quantitative estimate of drug-likeness (QED) is 0.284. The fourth-order valence-corrected chi connectivity index (χ4v) is 8.30. The lowest BCUT2D eigenvalue weighted by Gasteiger charge is -2.28. The van der Waals surface area contributed by atoms with Gasteiger partial charge < -0.3 is 4.57 Å². The van der Waals surface area contributed by atoms with Gasteiger partial charge in [-0.3, -0.25) is 0 Å². The first-order valence-corrected chi connectivity index (χ1v) is 12.6. The number of allylic oxidation sites excluding steroid dienone is 1. The molecule has 4 heteroatoms. The normalized spacial score (nSPS) is 16.6. The molecule has 2 unspecified atom stereocenters. The van der Waals surface area contributed by atoms with Crippen molar-refractivity contribution in [3.63, 3.8) is 0 Å². The number of hydrogen-bond donors (Lipinski definition) is 0. The maximum atomic E-state index is 15.3. The lowest BCUT2D eigenvalue weighted by molar-refractivity contribution is 0.584.